The summed E-state index contributed by atoms with van der Waals surface area (Å²) < 4.78 is 80.0. The van der Waals surface area contributed by atoms with Gasteiger partial charge in [-0.15, -0.1) is 0 Å². The van der Waals surface area contributed by atoms with Gasteiger partial charge in [-0.3, -0.25) is 23.5 Å². The van der Waals surface area contributed by atoms with Crippen LogP contribution < -0.4 is 24.7 Å². The van der Waals surface area contributed by atoms with Gasteiger partial charge in [-0.1, -0.05) is 12.1 Å². The number of halogens is 4. The van der Waals surface area contributed by atoms with Gasteiger partial charge in [0, 0.05) is 115 Å². The van der Waals surface area contributed by atoms with Gasteiger partial charge in [-0.2, -0.15) is 56.9 Å². The molecule has 0 unspecified atom stereocenters. The van der Waals surface area contributed by atoms with Crippen LogP contribution in [0.3, 0.4) is 0 Å². The highest BCUT2D eigenvalue weighted by molar-refractivity contribution is 7.88. The lowest BCUT2D eigenvalue weighted by Gasteiger charge is -2.09. The molecule has 0 aliphatic carbocycles. The van der Waals surface area contributed by atoms with Gasteiger partial charge in [-0.05, 0) is 77.7 Å². The van der Waals surface area contributed by atoms with Crippen molar-refractivity contribution >= 4 is 77.9 Å². The summed E-state index contributed by atoms with van der Waals surface area (Å²) in [7, 11) is 3.34. The summed E-state index contributed by atoms with van der Waals surface area (Å²) in [6, 6.07) is 27.8. The van der Waals surface area contributed by atoms with Gasteiger partial charge < -0.3 is 28.7 Å². The van der Waals surface area contributed by atoms with Crippen molar-refractivity contribution in [3.05, 3.63) is 162 Å². The molecule has 12 rings (SSSR count). The van der Waals surface area contributed by atoms with E-state index in [-0.39, 0.29) is 16.7 Å². The van der Waals surface area contributed by atoms with Crippen LogP contribution in [0.25, 0.3) is 77.8 Å². The molecule has 0 amide bonds. The highest BCUT2D eigenvalue weighted by Gasteiger charge is 2.49. The summed E-state index contributed by atoms with van der Waals surface area (Å²) in [5.41, 5.74) is 1.06. The van der Waals surface area contributed by atoms with Crippen molar-refractivity contribution in [1.82, 2.24) is 79.0 Å². The largest absolute Gasteiger partial charge is 0.534 e. The number of nitrogens with one attached hydrogen (secondary N) is 1. The lowest BCUT2D eigenvalue weighted by molar-refractivity contribution is -0.0501. The highest BCUT2D eigenvalue weighted by atomic mass is 35.5. The van der Waals surface area contributed by atoms with Crippen LogP contribution in [0.2, 0.25) is 5.28 Å². The Kier molecular flexibility index (Phi) is 17.7. The minimum Gasteiger partial charge on any atom is -0.481 e. The molecule has 0 fully saturated rings. The van der Waals surface area contributed by atoms with Crippen LogP contribution in [0.5, 0.6) is 17.6 Å². The molecular formula is C51H45BClF3N16O8S. The third-order valence-corrected chi connectivity index (χ3v) is 12.7. The first kappa shape index (κ1) is 57.5. The summed E-state index contributed by atoms with van der Waals surface area (Å²) in [4.78, 5) is 41.7. The second kappa shape index (κ2) is 25.0. The van der Waals surface area contributed by atoms with Crippen LogP contribution >= 0.6 is 11.6 Å². The predicted molar refractivity (Wildman–Crippen MR) is 294 cm³/mol. The van der Waals surface area contributed by atoms with Gasteiger partial charge >= 0.3 is 22.7 Å². The Morgan fingerprint density at radius 2 is 0.951 bits per heavy atom. The molecular weight excluding hydrogens is 1100 g/mol. The van der Waals surface area contributed by atoms with Crippen LogP contribution in [-0.2, 0) is 38.3 Å². The van der Waals surface area contributed by atoms with Crippen molar-refractivity contribution in [2.24, 2.45) is 28.2 Å². The molecule has 414 valence electrons. The quantitative estimate of drug-likeness (QED) is 0.0679. The van der Waals surface area contributed by atoms with Crippen molar-refractivity contribution in [2.45, 2.75) is 5.51 Å². The van der Waals surface area contributed by atoms with Gasteiger partial charge in [0.15, 0.2) is 11.6 Å². The van der Waals surface area contributed by atoms with Gasteiger partial charge in [0.2, 0.25) is 22.9 Å². The lowest BCUT2D eigenvalue weighted by Crippen LogP contribution is -2.29. The second-order valence-corrected chi connectivity index (χ2v) is 18.7. The zero-order valence-corrected chi connectivity index (χ0v) is 45.0. The summed E-state index contributed by atoms with van der Waals surface area (Å²) in [6.45, 7) is 0. The van der Waals surface area contributed by atoms with E-state index in [0.29, 0.717) is 34.4 Å². The fraction of sp³-hybridized carbons (Fsp3) is 0.137. The molecule has 0 radical (unpaired) electrons. The topological polar surface area (TPSA) is 297 Å². The van der Waals surface area contributed by atoms with E-state index in [9.17, 15) is 26.4 Å². The fourth-order valence-electron chi connectivity index (χ4n) is 7.49. The number of methoxy groups -OCH3 is 2. The predicted octanol–water partition coefficient (Wildman–Crippen LogP) is 6.01. The number of aromatic nitrogens is 16. The molecule has 8 aromatic heterocycles. The molecule has 0 aliphatic heterocycles. The molecule has 24 nitrogen and oxygen atoms in total. The first-order valence-corrected chi connectivity index (χ1v) is 25.3. The van der Waals surface area contributed by atoms with Gasteiger partial charge in [0.25, 0.3) is 5.56 Å². The summed E-state index contributed by atoms with van der Waals surface area (Å²) >= 11 is 5.42. The SMILES string of the molecule is COc1ccnc(-c2ccc3c(cnn3C)c2)n1.COc1ccnc(Cl)n1.Cn1ncc2cc(-c3nccc(=O)[nH]3)ccc21.Cn1ncc2cc(-c3nccc(OS(=O)(=O)C(F)(F)F)n3)ccc21.Cn1ncc2cc(B(O)O)ccc21. The van der Waals surface area contributed by atoms with Crippen molar-refractivity contribution < 1.29 is 45.3 Å². The van der Waals surface area contributed by atoms with E-state index >= 15 is 0 Å². The standard InChI is InChI=1S/C13H9F3N4O3S.C13H12N4O.C12H10N4O.C8H9BN2O2.C5H5ClN2O/c1-20-10-3-2-8(6-9(10)7-18-20)12-17-5-4-11(19-12)23-24(21,22)13(14,15)16;1-17-11-4-3-9(7-10(11)8-15-17)13-14-6-5-12(16-13)18-2;1-16-10-3-2-8(6-9(10)7-14-16)12-13-5-4-11(17)15-12;1-11-8-3-2-7(9(12)13)4-6(8)5-10-11;1-9-4-2-3-7-5(6)8-4/h2-7H,1H3;3-8H,1-2H3;2-7H,1H3,(H,13,15,17);2-5,12-13H,1H3;2-3H,1H3. The molecule has 0 saturated carbocycles. The number of aromatic amines is 1. The maximum absolute atomic E-state index is 12.4. The molecule has 4 aromatic carbocycles. The average molecular weight is 1150 g/mol. The molecule has 12 aromatic rings. The van der Waals surface area contributed by atoms with Crippen LogP contribution in [0.4, 0.5) is 13.2 Å². The summed E-state index contributed by atoms with van der Waals surface area (Å²) in [6.07, 6.45) is 12.8. The number of hydrogen-bond donors (Lipinski definition) is 3. The van der Waals surface area contributed by atoms with E-state index in [2.05, 4.69) is 64.4 Å². The van der Waals surface area contributed by atoms with E-state index in [4.69, 9.17) is 31.1 Å². The molecule has 3 N–H and O–H groups in total. The maximum Gasteiger partial charge on any atom is 0.534 e. The van der Waals surface area contributed by atoms with Crippen molar-refractivity contribution in [3.63, 3.8) is 0 Å². The number of alkyl halides is 3. The monoisotopic (exact) mass is 1140 g/mol. The first-order valence-electron chi connectivity index (χ1n) is 23.5. The van der Waals surface area contributed by atoms with Crippen LogP contribution in [0.15, 0.2) is 151 Å². The summed E-state index contributed by atoms with van der Waals surface area (Å²) in [5, 5.41) is 38.3. The first-order chi connectivity index (χ1) is 38.7. The smallest absolute Gasteiger partial charge is 0.481 e. The average Bonchev–Trinajstić information content (AvgIpc) is 4.28. The molecule has 0 bridgehead atoms. The Balaban J connectivity index is 0.000000137. The number of benzene rings is 4. The number of H-pyrrole nitrogens is 1. The maximum atomic E-state index is 12.4. The third kappa shape index (κ3) is 14.1. The third-order valence-electron chi connectivity index (χ3n) is 11.5. The molecule has 30 heteroatoms. The molecule has 81 heavy (non-hydrogen) atoms. The number of nitrogens with zero attached hydrogens (tertiary/aromatic N) is 15. The Labute approximate surface area is 462 Å². The summed E-state index contributed by atoms with van der Waals surface area (Å²) in [5.74, 6) is 1.57. The van der Waals surface area contributed by atoms with Crippen LogP contribution in [0.1, 0.15) is 0 Å². The molecule has 0 aliphatic rings. The van der Waals surface area contributed by atoms with E-state index in [1.807, 2.05) is 74.5 Å². The fourth-order valence-corrected chi connectivity index (χ4v) is 8.04. The van der Waals surface area contributed by atoms with E-state index < -0.39 is 28.6 Å². The van der Waals surface area contributed by atoms with Crippen molar-refractivity contribution in [1.29, 1.82) is 0 Å². The normalized spacial score (nSPS) is 11.1. The van der Waals surface area contributed by atoms with Gasteiger partial charge in [0.1, 0.15) is 5.82 Å². The second-order valence-electron chi connectivity index (χ2n) is 16.9. The Morgan fingerprint density at radius 3 is 1.40 bits per heavy atom. The minimum atomic E-state index is -5.78. The van der Waals surface area contributed by atoms with E-state index in [1.54, 1.807) is 95.5 Å². The Hall–Kier alpha value is -9.71. The number of ether oxygens (including phenoxy) is 2. The number of aryl methyl sites for hydroxylation is 4. The molecule has 0 atom stereocenters. The van der Waals surface area contributed by atoms with Gasteiger partial charge in [0.05, 0.1) is 61.1 Å². The minimum absolute atomic E-state index is 0.0237. The van der Waals surface area contributed by atoms with E-state index in [0.717, 1.165) is 67.0 Å². The lowest BCUT2D eigenvalue weighted by atomic mass is 9.80. The number of fused-ring (bicyclic) bond motifs is 4. The zero-order valence-electron chi connectivity index (χ0n) is 43.4. The van der Waals surface area contributed by atoms with Crippen molar-refractivity contribution in [2.75, 3.05) is 14.2 Å². The zero-order chi connectivity index (χ0) is 58.0. The Bertz CT molecular complexity index is 4330. The molecule has 8 heterocycles. The van der Waals surface area contributed by atoms with E-state index in [1.165, 1.54) is 25.6 Å². The highest BCUT2D eigenvalue weighted by Crippen LogP contribution is 2.28. The van der Waals surface area contributed by atoms with Crippen molar-refractivity contribution in [3.8, 4) is 51.8 Å². The molecule has 0 saturated heterocycles. The number of hydrogen-bond acceptors (Lipinski definition) is 19. The van der Waals surface area contributed by atoms with Gasteiger partial charge in [-0.25, -0.2) is 19.9 Å². The number of rotatable bonds is 8. The van der Waals surface area contributed by atoms with Crippen LogP contribution in [0, 0.1) is 0 Å². The molecule has 0 spiro atoms. The Morgan fingerprint density at radius 1 is 0.543 bits per heavy atom. The van der Waals surface area contributed by atoms with Crippen LogP contribution in [-0.4, -0.2) is 124 Å².